The van der Waals surface area contributed by atoms with Gasteiger partial charge in [0.15, 0.2) is 6.10 Å². The molecule has 1 aromatic heterocycles. The Morgan fingerprint density at radius 2 is 1.46 bits per heavy atom. The zero-order chi connectivity index (χ0) is 18.2. The van der Waals surface area contributed by atoms with E-state index in [1.165, 1.54) is 0 Å². The van der Waals surface area contributed by atoms with Crippen molar-refractivity contribution in [3.05, 3.63) is 102 Å². The minimum Gasteiger partial charge on any atom is -0.435 e. The average Bonchev–Trinajstić information content (AvgIpc) is 2.72. The number of benzene rings is 2. The van der Waals surface area contributed by atoms with Crippen LogP contribution in [0.3, 0.4) is 0 Å². The van der Waals surface area contributed by atoms with Crippen LogP contribution in [-0.4, -0.2) is 16.8 Å². The molecule has 5 nitrogen and oxygen atoms in total. The first kappa shape index (κ1) is 17.4. The van der Waals surface area contributed by atoms with E-state index in [2.05, 4.69) is 15.5 Å². The number of amides is 1. The molecular formula is C21H19N3O2. The molecule has 0 aliphatic rings. The third kappa shape index (κ3) is 4.54. The molecule has 1 N–H and O–H groups in total. The van der Waals surface area contributed by atoms with Crippen LogP contribution in [0.5, 0.6) is 0 Å². The van der Waals surface area contributed by atoms with E-state index in [4.69, 9.17) is 4.74 Å². The Hall–Kier alpha value is -3.47. The topological polar surface area (TPSA) is 63.6 Å². The van der Waals surface area contributed by atoms with E-state index in [1.54, 1.807) is 12.4 Å². The summed E-state index contributed by atoms with van der Waals surface area (Å²) in [5, 5.41) is 4.10. The average molecular weight is 345 g/mol. The quantitative estimate of drug-likeness (QED) is 0.553. The maximum atomic E-state index is 12.3. The molecule has 0 bridgehead atoms. The second kappa shape index (κ2) is 8.58. The van der Waals surface area contributed by atoms with Gasteiger partial charge < -0.3 is 4.74 Å². The Labute approximate surface area is 152 Å². The number of hydrogen-bond donors (Lipinski definition) is 1. The van der Waals surface area contributed by atoms with Crippen molar-refractivity contribution in [2.24, 2.45) is 5.10 Å². The predicted octanol–water partition coefficient (Wildman–Crippen LogP) is 4.32. The molecule has 0 aliphatic heterocycles. The van der Waals surface area contributed by atoms with Gasteiger partial charge in [-0.3, -0.25) is 4.98 Å². The summed E-state index contributed by atoms with van der Waals surface area (Å²) < 4.78 is 5.64. The minimum atomic E-state index is -0.615. The molecule has 5 heteroatoms. The molecule has 130 valence electrons. The van der Waals surface area contributed by atoms with E-state index in [9.17, 15) is 4.79 Å². The molecule has 0 atom stereocenters. The number of nitrogens with zero attached hydrogens (tertiary/aromatic N) is 2. The van der Waals surface area contributed by atoms with Gasteiger partial charge in [0.05, 0.1) is 5.71 Å². The Bertz CT molecular complexity index is 826. The molecule has 0 saturated carbocycles. The lowest BCUT2D eigenvalue weighted by Gasteiger charge is -2.18. The van der Waals surface area contributed by atoms with Gasteiger partial charge in [-0.25, -0.2) is 10.2 Å². The SMILES string of the molecule is CC(=NNC(=O)OC(c1ccccc1)c1ccccc1)c1ccncc1. The summed E-state index contributed by atoms with van der Waals surface area (Å²) >= 11 is 0. The lowest BCUT2D eigenvalue weighted by atomic mass is 10.0. The predicted molar refractivity (Wildman–Crippen MR) is 101 cm³/mol. The number of carbonyl (C=O) groups excluding carboxylic acids is 1. The molecule has 0 unspecified atom stereocenters. The van der Waals surface area contributed by atoms with E-state index in [0.717, 1.165) is 16.7 Å². The molecule has 3 aromatic rings. The summed E-state index contributed by atoms with van der Waals surface area (Å²) in [6.45, 7) is 1.81. The van der Waals surface area contributed by atoms with Crippen molar-refractivity contribution in [1.82, 2.24) is 10.4 Å². The van der Waals surface area contributed by atoms with Gasteiger partial charge in [0, 0.05) is 18.0 Å². The maximum Gasteiger partial charge on any atom is 0.428 e. The Morgan fingerprint density at radius 1 is 0.923 bits per heavy atom. The van der Waals surface area contributed by atoms with Gasteiger partial charge in [0.25, 0.3) is 0 Å². The van der Waals surface area contributed by atoms with Crippen LogP contribution in [0.15, 0.2) is 90.3 Å². The first-order valence-electron chi connectivity index (χ1n) is 8.25. The second-order valence-corrected chi connectivity index (χ2v) is 5.65. The number of hydrazone groups is 1. The third-order valence-electron chi connectivity index (χ3n) is 3.84. The van der Waals surface area contributed by atoms with E-state index in [0.29, 0.717) is 5.71 Å². The van der Waals surface area contributed by atoms with Gasteiger partial charge >= 0.3 is 6.09 Å². The van der Waals surface area contributed by atoms with Crippen molar-refractivity contribution < 1.29 is 9.53 Å². The zero-order valence-corrected chi connectivity index (χ0v) is 14.4. The lowest BCUT2D eigenvalue weighted by molar-refractivity contribution is 0.117. The van der Waals surface area contributed by atoms with Crippen molar-refractivity contribution >= 4 is 11.8 Å². The summed E-state index contributed by atoms with van der Waals surface area (Å²) in [5.74, 6) is 0. The number of carbonyl (C=O) groups is 1. The molecule has 0 radical (unpaired) electrons. The number of hydrogen-bond acceptors (Lipinski definition) is 4. The van der Waals surface area contributed by atoms with Gasteiger partial charge in [0.1, 0.15) is 0 Å². The standard InChI is InChI=1S/C21H19N3O2/c1-16(17-12-14-22-15-13-17)23-24-21(25)26-20(18-8-4-2-5-9-18)19-10-6-3-7-11-19/h2-15,20H,1H3,(H,24,25). The van der Waals surface area contributed by atoms with Crippen LogP contribution in [0.1, 0.15) is 29.7 Å². The van der Waals surface area contributed by atoms with E-state index >= 15 is 0 Å². The third-order valence-corrected chi connectivity index (χ3v) is 3.84. The number of nitrogens with one attached hydrogen (secondary N) is 1. The van der Waals surface area contributed by atoms with Gasteiger partial charge in [-0.15, -0.1) is 0 Å². The van der Waals surface area contributed by atoms with Gasteiger partial charge in [-0.1, -0.05) is 60.7 Å². The van der Waals surface area contributed by atoms with Crippen LogP contribution >= 0.6 is 0 Å². The molecule has 0 saturated heterocycles. The van der Waals surface area contributed by atoms with Crippen molar-refractivity contribution in [2.45, 2.75) is 13.0 Å². The smallest absolute Gasteiger partial charge is 0.428 e. The fraction of sp³-hybridized carbons (Fsp3) is 0.0952. The van der Waals surface area contributed by atoms with Crippen LogP contribution in [0.4, 0.5) is 4.79 Å². The van der Waals surface area contributed by atoms with Crippen LogP contribution in [0.2, 0.25) is 0 Å². The number of rotatable bonds is 5. The summed E-state index contributed by atoms with van der Waals surface area (Å²) in [5.41, 5.74) is 5.79. The van der Waals surface area contributed by atoms with Crippen LogP contribution in [0, 0.1) is 0 Å². The first-order chi connectivity index (χ1) is 12.7. The Kier molecular flexibility index (Phi) is 5.72. The van der Waals surface area contributed by atoms with Crippen molar-refractivity contribution in [3.63, 3.8) is 0 Å². The molecule has 3 rings (SSSR count). The number of pyridine rings is 1. The molecule has 2 aromatic carbocycles. The number of aromatic nitrogens is 1. The Morgan fingerprint density at radius 3 is 2.00 bits per heavy atom. The molecule has 1 heterocycles. The van der Waals surface area contributed by atoms with E-state index in [1.807, 2.05) is 79.7 Å². The van der Waals surface area contributed by atoms with Gasteiger partial charge in [-0.05, 0) is 30.2 Å². The summed E-state index contributed by atoms with van der Waals surface area (Å²) in [6, 6.07) is 22.9. The molecule has 0 aliphatic carbocycles. The highest BCUT2D eigenvalue weighted by Crippen LogP contribution is 2.25. The first-order valence-corrected chi connectivity index (χ1v) is 8.25. The summed E-state index contributed by atoms with van der Waals surface area (Å²) in [4.78, 5) is 16.2. The fourth-order valence-corrected chi connectivity index (χ4v) is 2.50. The van der Waals surface area contributed by atoms with Crippen molar-refractivity contribution in [1.29, 1.82) is 0 Å². The van der Waals surface area contributed by atoms with Gasteiger partial charge in [-0.2, -0.15) is 5.10 Å². The molecular weight excluding hydrogens is 326 g/mol. The molecule has 1 amide bonds. The maximum absolute atomic E-state index is 12.3. The second-order valence-electron chi connectivity index (χ2n) is 5.65. The van der Waals surface area contributed by atoms with Crippen LogP contribution in [-0.2, 0) is 4.74 Å². The lowest BCUT2D eigenvalue weighted by Crippen LogP contribution is -2.23. The summed E-state index contributed by atoms with van der Waals surface area (Å²) in [6.07, 6.45) is 2.23. The molecule has 0 fully saturated rings. The van der Waals surface area contributed by atoms with E-state index in [-0.39, 0.29) is 0 Å². The van der Waals surface area contributed by atoms with Crippen molar-refractivity contribution in [2.75, 3.05) is 0 Å². The van der Waals surface area contributed by atoms with E-state index < -0.39 is 12.2 Å². The fourth-order valence-electron chi connectivity index (χ4n) is 2.50. The minimum absolute atomic E-state index is 0.506. The normalized spacial score (nSPS) is 11.2. The largest absolute Gasteiger partial charge is 0.435 e. The summed E-state index contributed by atoms with van der Waals surface area (Å²) in [7, 11) is 0. The highest BCUT2D eigenvalue weighted by Gasteiger charge is 2.18. The molecule has 26 heavy (non-hydrogen) atoms. The molecule has 0 spiro atoms. The Balaban J connectivity index is 1.74. The van der Waals surface area contributed by atoms with Gasteiger partial charge in [0.2, 0.25) is 0 Å². The monoisotopic (exact) mass is 345 g/mol. The highest BCUT2D eigenvalue weighted by atomic mass is 16.6. The van der Waals surface area contributed by atoms with Crippen LogP contribution in [0.25, 0.3) is 0 Å². The number of ether oxygens (including phenoxy) is 1. The zero-order valence-electron chi connectivity index (χ0n) is 14.4. The highest BCUT2D eigenvalue weighted by molar-refractivity contribution is 5.98. The van der Waals surface area contributed by atoms with Crippen LogP contribution < -0.4 is 5.43 Å². The van der Waals surface area contributed by atoms with Crippen molar-refractivity contribution in [3.8, 4) is 0 Å².